The minimum atomic E-state index is -0.927. The molecule has 0 aliphatic heterocycles. The number of ether oxygens (including phenoxy) is 1. The maximum atomic E-state index is 10.9. The smallest absolute Gasteiger partial charge is 0.335 e. The molecule has 0 unspecified atom stereocenters. The van der Waals surface area contributed by atoms with Crippen molar-refractivity contribution < 1.29 is 14.6 Å². The molecule has 0 aromatic heterocycles. The van der Waals surface area contributed by atoms with Gasteiger partial charge in [-0.1, -0.05) is 15.9 Å². The van der Waals surface area contributed by atoms with Crippen LogP contribution in [-0.4, -0.2) is 30.8 Å². The fourth-order valence-electron chi connectivity index (χ4n) is 1.37. The summed E-state index contributed by atoms with van der Waals surface area (Å²) >= 11 is 3.29. The van der Waals surface area contributed by atoms with Crippen LogP contribution in [0.2, 0.25) is 0 Å². The molecular weight excluding hydrogens is 286 g/mol. The molecule has 17 heavy (non-hydrogen) atoms. The van der Waals surface area contributed by atoms with Gasteiger partial charge in [0.1, 0.15) is 0 Å². The van der Waals surface area contributed by atoms with Crippen LogP contribution in [0.5, 0.6) is 0 Å². The number of benzene rings is 1. The number of halogens is 1. The third kappa shape index (κ3) is 5.19. The molecule has 0 heterocycles. The van der Waals surface area contributed by atoms with Gasteiger partial charge >= 0.3 is 5.97 Å². The van der Waals surface area contributed by atoms with Crippen LogP contribution in [0, 0.1) is 0 Å². The number of hydrogen-bond acceptors (Lipinski definition) is 3. The Labute approximate surface area is 109 Å². The van der Waals surface area contributed by atoms with Gasteiger partial charge in [0.2, 0.25) is 0 Å². The molecule has 0 bridgehead atoms. The Morgan fingerprint density at radius 3 is 2.88 bits per heavy atom. The van der Waals surface area contributed by atoms with E-state index in [9.17, 15) is 4.79 Å². The summed E-state index contributed by atoms with van der Waals surface area (Å²) in [6, 6.07) is 5.05. The third-order valence-electron chi connectivity index (χ3n) is 2.14. The molecule has 4 nitrogen and oxygen atoms in total. The van der Waals surface area contributed by atoms with Crippen LogP contribution >= 0.6 is 15.9 Å². The van der Waals surface area contributed by atoms with Crippen molar-refractivity contribution in [3.63, 3.8) is 0 Å². The lowest BCUT2D eigenvalue weighted by molar-refractivity contribution is 0.0697. The first-order valence-electron chi connectivity index (χ1n) is 5.49. The molecule has 2 N–H and O–H groups in total. The molecule has 1 rings (SSSR count). The topological polar surface area (TPSA) is 58.6 Å². The Morgan fingerprint density at radius 2 is 2.24 bits per heavy atom. The van der Waals surface area contributed by atoms with E-state index >= 15 is 0 Å². The van der Waals surface area contributed by atoms with E-state index in [2.05, 4.69) is 21.2 Å². The molecule has 0 amide bonds. The van der Waals surface area contributed by atoms with Crippen molar-refractivity contribution >= 4 is 27.6 Å². The van der Waals surface area contributed by atoms with E-state index in [-0.39, 0.29) is 5.56 Å². The van der Waals surface area contributed by atoms with E-state index in [1.807, 2.05) is 13.0 Å². The van der Waals surface area contributed by atoms with Crippen molar-refractivity contribution in [2.24, 2.45) is 0 Å². The summed E-state index contributed by atoms with van der Waals surface area (Å²) in [5.74, 6) is -0.927. The van der Waals surface area contributed by atoms with Gasteiger partial charge in [-0.2, -0.15) is 0 Å². The zero-order valence-electron chi connectivity index (χ0n) is 9.70. The number of carboxylic acids is 1. The molecule has 1 aromatic carbocycles. The van der Waals surface area contributed by atoms with Crippen LogP contribution in [-0.2, 0) is 4.74 Å². The van der Waals surface area contributed by atoms with Crippen molar-refractivity contribution in [2.45, 2.75) is 13.3 Å². The summed E-state index contributed by atoms with van der Waals surface area (Å²) in [7, 11) is 0. The summed E-state index contributed by atoms with van der Waals surface area (Å²) in [6.07, 6.45) is 0.892. The second-order valence-electron chi connectivity index (χ2n) is 3.51. The van der Waals surface area contributed by atoms with Gasteiger partial charge in [-0.05, 0) is 31.5 Å². The van der Waals surface area contributed by atoms with Gasteiger partial charge in [-0.25, -0.2) is 4.79 Å². The fourth-order valence-corrected chi connectivity index (χ4v) is 1.86. The molecule has 0 radical (unpaired) electrons. The second kappa shape index (κ2) is 7.29. The van der Waals surface area contributed by atoms with E-state index in [4.69, 9.17) is 9.84 Å². The van der Waals surface area contributed by atoms with Gasteiger partial charge in [0.25, 0.3) is 0 Å². The predicted molar refractivity (Wildman–Crippen MR) is 70.7 cm³/mol. The third-order valence-corrected chi connectivity index (χ3v) is 2.60. The first kappa shape index (κ1) is 14.0. The molecule has 5 heteroatoms. The molecule has 0 spiro atoms. The van der Waals surface area contributed by atoms with Crippen LogP contribution in [0.3, 0.4) is 0 Å². The molecule has 0 fully saturated rings. The fraction of sp³-hybridized carbons (Fsp3) is 0.417. The van der Waals surface area contributed by atoms with Crippen LogP contribution in [0.15, 0.2) is 22.7 Å². The Morgan fingerprint density at radius 1 is 1.47 bits per heavy atom. The van der Waals surface area contributed by atoms with Gasteiger partial charge in [0, 0.05) is 29.9 Å². The van der Waals surface area contributed by atoms with Crippen molar-refractivity contribution in [3.8, 4) is 0 Å². The first-order valence-corrected chi connectivity index (χ1v) is 6.28. The molecular formula is C12H16BrNO3. The first-order chi connectivity index (χ1) is 8.13. The Bertz CT molecular complexity index is 382. The average Bonchev–Trinajstić information content (AvgIpc) is 2.28. The van der Waals surface area contributed by atoms with Crippen molar-refractivity contribution in [1.29, 1.82) is 0 Å². The summed E-state index contributed by atoms with van der Waals surface area (Å²) in [4.78, 5) is 10.9. The molecule has 1 aromatic rings. The van der Waals surface area contributed by atoms with E-state index in [1.54, 1.807) is 12.1 Å². The van der Waals surface area contributed by atoms with Crippen molar-refractivity contribution in [1.82, 2.24) is 0 Å². The van der Waals surface area contributed by atoms with Crippen LogP contribution in [0.4, 0.5) is 5.69 Å². The molecule has 0 aliphatic carbocycles. The number of rotatable bonds is 7. The lowest BCUT2D eigenvalue weighted by Crippen LogP contribution is -2.06. The van der Waals surface area contributed by atoms with E-state index in [0.717, 1.165) is 29.7 Å². The van der Waals surface area contributed by atoms with E-state index in [1.165, 1.54) is 0 Å². The SMILES string of the molecule is CCOCCCNc1cc(Br)cc(C(=O)O)c1. The monoisotopic (exact) mass is 301 g/mol. The molecule has 0 saturated carbocycles. The van der Waals surface area contributed by atoms with E-state index in [0.29, 0.717) is 6.61 Å². The zero-order chi connectivity index (χ0) is 12.7. The summed E-state index contributed by atoms with van der Waals surface area (Å²) < 4.78 is 5.97. The Kier molecular flexibility index (Phi) is 6.00. The van der Waals surface area contributed by atoms with Crippen molar-refractivity contribution in [2.75, 3.05) is 25.1 Å². The Balaban J connectivity index is 2.50. The zero-order valence-corrected chi connectivity index (χ0v) is 11.3. The van der Waals surface area contributed by atoms with Gasteiger partial charge in [-0.15, -0.1) is 0 Å². The van der Waals surface area contributed by atoms with Gasteiger partial charge in [0.15, 0.2) is 0 Å². The highest BCUT2D eigenvalue weighted by Crippen LogP contribution is 2.19. The summed E-state index contributed by atoms with van der Waals surface area (Å²) in [5.41, 5.74) is 1.07. The van der Waals surface area contributed by atoms with Gasteiger partial charge in [-0.3, -0.25) is 0 Å². The average molecular weight is 302 g/mol. The number of nitrogens with one attached hydrogen (secondary N) is 1. The predicted octanol–water partition coefficient (Wildman–Crippen LogP) is 2.99. The quantitative estimate of drug-likeness (QED) is 0.760. The minimum absolute atomic E-state index is 0.270. The van der Waals surface area contributed by atoms with Crippen LogP contribution < -0.4 is 5.32 Å². The highest BCUT2D eigenvalue weighted by molar-refractivity contribution is 9.10. The number of hydrogen-bond donors (Lipinski definition) is 2. The molecule has 0 saturated heterocycles. The van der Waals surface area contributed by atoms with Gasteiger partial charge in [0.05, 0.1) is 5.56 Å². The lowest BCUT2D eigenvalue weighted by Gasteiger charge is -2.08. The standard InChI is InChI=1S/C12H16BrNO3/c1-2-17-5-3-4-14-11-7-9(12(15)16)6-10(13)8-11/h6-8,14H,2-5H2,1H3,(H,15,16). The Hall–Kier alpha value is -1.07. The highest BCUT2D eigenvalue weighted by atomic mass is 79.9. The molecule has 0 atom stereocenters. The van der Waals surface area contributed by atoms with Crippen LogP contribution in [0.25, 0.3) is 0 Å². The number of aromatic carboxylic acids is 1. The maximum absolute atomic E-state index is 10.9. The number of carboxylic acid groups (broad SMARTS) is 1. The number of carbonyl (C=O) groups is 1. The maximum Gasteiger partial charge on any atom is 0.335 e. The van der Waals surface area contributed by atoms with Crippen LogP contribution in [0.1, 0.15) is 23.7 Å². The molecule has 94 valence electrons. The second-order valence-corrected chi connectivity index (χ2v) is 4.43. The largest absolute Gasteiger partial charge is 0.478 e. The van der Waals surface area contributed by atoms with E-state index < -0.39 is 5.97 Å². The summed E-state index contributed by atoms with van der Waals surface area (Å²) in [5, 5.41) is 12.1. The minimum Gasteiger partial charge on any atom is -0.478 e. The van der Waals surface area contributed by atoms with Crippen molar-refractivity contribution in [3.05, 3.63) is 28.2 Å². The number of anilines is 1. The highest BCUT2D eigenvalue weighted by Gasteiger charge is 2.05. The normalized spacial score (nSPS) is 10.2. The summed E-state index contributed by atoms with van der Waals surface area (Å²) in [6.45, 7) is 4.15. The lowest BCUT2D eigenvalue weighted by atomic mass is 10.2. The molecule has 0 aliphatic rings. The van der Waals surface area contributed by atoms with Gasteiger partial charge < -0.3 is 15.2 Å².